The van der Waals surface area contributed by atoms with Crippen LogP contribution in [0.1, 0.15) is 41.5 Å². The second-order valence-electron chi connectivity index (χ2n) is 6.50. The molecule has 5 nitrogen and oxygen atoms in total. The van der Waals surface area contributed by atoms with Crippen LogP contribution in [0.25, 0.3) is 5.69 Å². The van der Waals surface area contributed by atoms with Crippen LogP contribution in [-0.4, -0.2) is 26.2 Å². The Morgan fingerprint density at radius 1 is 1.21 bits per heavy atom. The van der Waals surface area contributed by atoms with Crippen LogP contribution in [0.5, 0.6) is 0 Å². The lowest BCUT2D eigenvalue weighted by Gasteiger charge is -2.24. The van der Waals surface area contributed by atoms with E-state index in [-0.39, 0.29) is 0 Å². The number of aromatic nitrogens is 3. The number of likely N-dealkylation sites (tertiary alicyclic amines) is 1. The minimum atomic E-state index is 0.421. The van der Waals surface area contributed by atoms with Crippen molar-refractivity contribution in [1.82, 2.24) is 19.6 Å². The van der Waals surface area contributed by atoms with Gasteiger partial charge in [0.25, 0.3) is 0 Å². The Hall–Kier alpha value is -2.40. The fraction of sp³-hybridized carbons (Fsp3) is 0.368. The van der Waals surface area contributed by atoms with Crippen LogP contribution in [0.2, 0.25) is 0 Å². The molecule has 0 unspecified atom stereocenters. The first kappa shape index (κ1) is 15.1. The van der Waals surface area contributed by atoms with Crippen molar-refractivity contribution in [3.05, 3.63) is 65.6 Å². The third-order valence-corrected chi connectivity index (χ3v) is 4.91. The molecule has 24 heavy (non-hydrogen) atoms. The van der Waals surface area contributed by atoms with E-state index in [9.17, 15) is 0 Å². The van der Waals surface area contributed by atoms with Crippen LogP contribution in [0.4, 0.5) is 0 Å². The molecule has 1 aliphatic heterocycles. The number of benzene rings is 1. The van der Waals surface area contributed by atoms with E-state index in [1.807, 2.05) is 30.9 Å². The summed E-state index contributed by atoms with van der Waals surface area (Å²) in [5.74, 6) is 0.958. The Morgan fingerprint density at radius 2 is 2.04 bits per heavy atom. The quantitative estimate of drug-likeness (QED) is 0.733. The van der Waals surface area contributed by atoms with Crippen LogP contribution in [0.15, 0.2) is 47.5 Å². The van der Waals surface area contributed by atoms with Crippen molar-refractivity contribution in [3.8, 4) is 5.69 Å². The average molecular weight is 322 g/mol. The van der Waals surface area contributed by atoms with E-state index in [1.54, 1.807) is 6.20 Å². The number of nitrogens with zero attached hydrogens (tertiary/aromatic N) is 4. The Bertz CT molecular complexity index is 785. The molecule has 0 amide bonds. The summed E-state index contributed by atoms with van der Waals surface area (Å²) in [6.07, 6.45) is 7.98. The molecule has 1 aliphatic rings. The van der Waals surface area contributed by atoms with E-state index in [0.29, 0.717) is 6.04 Å². The molecule has 0 aliphatic carbocycles. The van der Waals surface area contributed by atoms with E-state index in [0.717, 1.165) is 30.2 Å². The first-order valence-electron chi connectivity index (χ1n) is 8.46. The van der Waals surface area contributed by atoms with Gasteiger partial charge in [0, 0.05) is 36.2 Å². The summed E-state index contributed by atoms with van der Waals surface area (Å²) < 4.78 is 7.40. The molecule has 1 aromatic carbocycles. The zero-order chi connectivity index (χ0) is 16.5. The lowest BCUT2D eigenvalue weighted by Crippen LogP contribution is -2.23. The summed E-state index contributed by atoms with van der Waals surface area (Å²) in [6, 6.07) is 9.14. The molecule has 1 fully saturated rings. The molecular formula is C19H22N4O. The highest BCUT2D eigenvalue weighted by Gasteiger charge is 2.30. The predicted octanol–water partition coefficient (Wildman–Crippen LogP) is 3.81. The summed E-state index contributed by atoms with van der Waals surface area (Å²) in [5.41, 5.74) is 4.78. The van der Waals surface area contributed by atoms with Gasteiger partial charge in [0.2, 0.25) is 0 Å². The Kier molecular flexibility index (Phi) is 3.94. The van der Waals surface area contributed by atoms with Gasteiger partial charge in [-0.3, -0.25) is 4.90 Å². The van der Waals surface area contributed by atoms with E-state index in [2.05, 4.69) is 39.3 Å². The molecule has 0 radical (unpaired) electrons. The molecular weight excluding hydrogens is 300 g/mol. The summed E-state index contributed by atoms with van der Waals surface area (Å²) >= 11 is 0. The van der Waals surface area contributed by atoms with Gasteiger partial charge < -0.3 is 9.09 Å². The molecule has 124 valence electrons. The van der Waals surface area contributed by atoms with Crippen molar-refractivity contribution in [2.75, 3.05) is 6.54 Å². The molecule has 1 atom stereocenters. The molecule has 3 heterocycles. The number of rotatable bonds is 4. The maximum absolute atomic E-state index is 5.38. The van der Waals surface area contributed by atoms with Gasteiger partial charge in [-0.1, -0.05) is 17.3 Å². The van der Waals surface area contributed by atoms with Gasteiger partial charge in [-0.05, 0) is 50.9 Å². The van der Waals surface area contributed by atoms with E-state index < -0.39 is 0 Å². The number of imidazole rings is 1. The number of hydrogen-bond acceptors (Lipinski definition) is 4. The second kappa shape index (κ2) is 6.24. The van der Waals surface area contributed by atoms with Gasteiger partial charge in [-0.2, -0.15) is 0 Å². The summed E-state index contributed by atoms with van der Waals surface area (Å²) in [6.45, 7) is 6.14. The van der Waals surface area contributed by atoms with Crippen molar-refractivity contribution in [2.24, 2.45) is 0 Å². The first-order chi connectivity index (χ1) is 11.7. The first-order valence-corrected chi connectivity index (χ1v) is 8.46. The van der Waals surface area contributed by atoms with Crippen molar-refractivity contribution in [2.45, 2.75) is 39.3 Å². The summed E-state index contributed by atoms with van der Waals surface area (Å²) in [7, 11) is 0. The SMILES string of the molecule is Cc1noc(C)c1[C@@H]1CCCN1Cc1ccc(-n2ccnc2)cc1. The zero-order valence-corrected chi connectivity index (χ0v) is 14.1. The molecule has 3 aromatic rings. The Labute approximate surface area is 141 Å². The minimum absolute atomic E-state index is 0.421. The van der Waals surface area contributed by atoms with Gasteiger partial charge in [-0.25, -0.2) is 4.98 Å². The molecule has 0 spiro atoms. The highest BCUT2D eigenvalue weighted by atomic mass is 16.5. The smallest absolute Gasteiger partial charge is 0.138 e. The van der Waals surface area contributed by atoms with Gasteiger partial charge >= 0.3 is 0 Å². The standard InChI is InChI=1S/C19H22N4O/c1-14-19(15(2)24-21-14)18-4-3-10-22(18)12-16-5-7-17(8-6-16)23-11-9-20-13-23/h5-9,11,13,18H,3-4,10,12H2,1-2H3/t18-/m0/s1. The van der Waals surface area contributed by atoms with Crippen LogP contribution < -0.4 is 0 Å². The van der Waals surface area contributed by atoms with Crippen LogP contribution in [-0.2, 0) is 6.54 Å². The van der Waals surface area contributed by atoms with Gasteiger partial charge in [0.05, 0.1) is 12.0 Å². The Balaban J connectivity index is 1.52. The fourth-order valence-corrected chi connectivity index (χ4v) is 3.73. The molecule has 1 saturated heterocycles. The predicted molar refractivity (Wildman–Crippen MR) is 91.9 cm³/mol. The lowest BCUT2D eigenvalue weighted by molar-refractivity contribution is 0.245. The summed E-state index contributed by atoms with van der Waals surface area (Å²) in [4.78, 5) is 6.64. The molecule has 5 heteroatoms. The maximum atomic E-state index is 5.38. The Morgan fingerprint density at radius 3 is 2.71 bits per heavy atom. The average Bonchev–Trinajstić information content (AvgIpc) is 3.31. The molecule has 0 bridgehead atoms. The van der Waals surface area contributed by atoms with Crippen molar-refractivity contribution < 1.29 is 4.52 Å². The molecule has 0 saturated carbocycles. The van der Waals surface area contributed by atoms with Gasteiger partial charge in [0.15, 0.2) is 0 Å². The maximum Gasteiger partial charge on any atom is 0.138 e. The monoisotopic (exact) mass is 322 g/mol. The zero-order valence-electron chi connectivity index (χ0n) is 14.1. The minimum Gasteiger partial charge on any atom is -0.361 e. The largest absolute Gasteiger partial charge is 0.361 e. The van der Waals surface area contributed by atoms with Crippen molar-refractivity contribution in [3.63, 3.8) is 0 Å². The van der Waals surface area contributed by atoms with Crippen LogP contribution >= 0.6 is 0 Å². The number of hydrogen-bond donors (Lipinski definition) is 0. The third-order valence-electron chi connectivity index (χ3n) is 4.91. The fourth-order valence-electron chi connectivity index (χ4n) is 3.73. The molecule has 0 N–H and O–H groups in total. The van der Waals surface area contributed by atoms with Crippen LogP contribution in [0.3, 0.4) is 0 Å². The van der Waals surface area contributed by atoms with Gasteiger partial charge in [-0.15, -0.1) is 0 Å². The third kappa shape index (κ3) is 2.76. The molecule has 4 rings (SSSR count). The van der Waals surface area contributed by atoms with E-state index >= 15 is 0 Å². The highest BCUT2D eigenvalue weighted by Crippen LogP contribution is 2.36. The van der Waals surface area contributed by atoms with E-state index in [4.69, 9.17) is 4.52 Å². The second-order valence-corrected chi connectivity index (χ2v) is 6.50. The topological polar surface area (TPSA) is 47.1 Å². The summed E-state index contributed by atoms with van der Waals surface area (Å²) in [5, 5.41) is 4.13. The highest BCUT2D eigenvalue weighted by molar-refractivity contribution is 5.35. The van der Waals surface area contributed by atoms with Crippen molar-refractivity contribution in [1.29, 1.82) is 0 Å². The molecule has 2 aromatic heterocycles. The van der Waals surface area contributed by atoms with Crippen LogP contribution in [0, 0.1) is 13.8 Å². The number of aryl methyl sites for hydroxylation is 2. The normalized spacial score (nSPS) is 18.3. The lowest BCUT2D eigenvalue weighted by atomic mass is 10.0. The van der Waals surface area contributed by atoms with Crippen molar-refractivity contribution >= 4 is 0 Å². The van der Waals surface area contributed by atoms with Gasteiger partial charge in [0.1, 0.15) is 5.76 Å². The van der Waals surface area contributed by atoms with E-state index in [1.165, 1.54) is 24.0 Å².